The van der Waals surface area contributed by atoms with E-state index < -0.39 is 10.2 Å². The average molecular weight is 316 g/mol. The third-order valence-corrected chi connectivity index (χ3v) is 3.63. The van der Waals surface area contributed by atoms with Gasteiger partial charge in [-0.05, 0) is 12.3 Å². The first-order valence-corrected chi connectivity index (χ1v) is 6.66. The van der Waals surface area contributed by atoms with E-state index in [1.54, 1.807) is 0 Å². The minimum absolute atomic E-state index is 0. The van der Waals surface area contributed by atoms with Gasteiger partial charge < -0.3 is 6.92 Å². The Balaban J connectivity index is -0.000000150. The van der Waals surface area contributed by atoms with Gasteiger partial charge >= 0.3 is 0 Å². The SMILES string of the molecule is [CH2-]CP(CC)CC.[O-][Cl+3]([O-])([O-])O.[Tc]. The molecule has 0 aromatic heterocycles. The number of rotatable bonds is 3. The Morgan fingerprint density at radius 1 is 1.23 bits per heavy atom. The van der Waals surface area contributed by atoms with E-state index in [-0.39, 0.29) is 20.1 Å². The molecule has 0 unspecified atom stereocenters. The number of halogens is 1. The summed E-state index contributed by atoms with van der Waals surface area (Å²) in [7, 11) is -4.36. The fourth-order valence-corrected chi connectivity index (χ4v) is 1.62. The zero-order chi connectivity index (χ0) is 10.2. The van der Waals surface area contributed by atoms with E-state index >= 15 is 0 Å². The Morgan fingerprint density at radius 2 is 1.46 bits per heavy atom. The molecule has 0 aliphatic heterocycles. The van der Waals surface area contributed by atoms with E-state index in [4.69, 9.17) is 18.6 Å². The molecule has 0 saturated carbocycles. The maximum absolute atomic E-state index is 8.60. The number of hydrogen-bond acceptors (Lipinski definition) is 4. The van der Waals surface area contributed by atoms with Crippen LogP contribution in [0.15, 0.2) is 0 Å². The summed E-state index contributed by atoms with van der Waals surface area (Å²) in [5, 5.41) is 0. The molecule has 1 radical (unpaired) electrons. The summed E-state index contributed by atoms with van der Waals surface area (Å²) < 4.78 is 32.7. The Kier molecular flexibility index (Phi) is 17.1. The molecule has 0 aliphatic carbocycles. The Hall–Kier alpha value is 1.21. The minimum atomic E-state index is -4.69. The molecule has 0 fully saturated rings. The van der Waals surface area contributed by atoms with E-state index in [1.807, 2.05) is 0 Å². The molecule has 0 bridgehead atoms. The molecule has 0 spiro atoms. The van der Waals surface area contributed by atoms with Crippen molar-refractivity contribution in [3.8, 4) is 0 Å². The van der Waals surface area contributed by atoms with E-state index in [1.165, 1.54) is 18.5 Å². The Bertz CT molecular complexity index is 85.6. The van der Waals surface area contributed by atoms with Crippen LogP contribution in [0.5, 0.6) is 0 Å². The second-order valence-electron chi connectivity index (χ2n) is 1.92. The molecular formula is C6H15ClO4PTc-. The average Bonchev–Trinajstić information content (AvgIpc) is 1.88. The molecule has 0 heterocycles. The van der Waals surface area contributed by atoms with Crippen molar-refractivity contribution < 1.29 is 49.0 Å². The standard InChI is InChI=1S/C6H14P.ClHO4.Tc/c1-4-7(5-2)6-3;2-1(3,4)5;/h1,4-6H2,2-3H3;(H,2,3,4,5);/q-1;;. The fourth-order valence-electron chi connectivity index (χ4n) is 0.540. The van der Waals surface area contributed by atoms with Crippen molar-refractivity contribution in [2.24, 2.45) is 0 Å². The van der Waals surface area contributed by atoms with E-state index in [9.17, 15) is 0 Å². The van der Waals surface area contributed by atoms with Crippen molar-refractivity contribution in [3.05, 3.63) is 6.92 Å². The van der Waals surface area contributed by atoms with Gasteiger partial charge in [0.2, 0.25) is 0 Å². The molecule has 0 atom stereocenters. The van der Waals surface area contributed by atoms with Gasteiger partial charge in [-0.15, -0.1) is 7.92 Å². The van der Waals surface area contributed by atoms with Crippen LogP contribution in [0.1, 0.15) is 13.8 Å². The van der Waals surface area contributed by atoms with Crippen molar-refractivity contribution in [2.75, 3.05) is 18.5 Å². The Morgan fingerprint density at radius 3 is 1.46 bits per heavy atom. The molecule has 1 N–H and O–H groups in total. The predicted octanol–water partition coefficient (Wildman–Crippen LogP) is -1.78. The molecule has 0 aromatic carbocycles. The van der Waals surface area contributed by atoms with Gasteiger partial charge in [-0.25, -0.2) is 0 Å². The smallest absolute Gasteiger partial charge is 0.0777 e. The van der Waals surface area contributed by atoms with Crippen LogP contribution in [-0.2, 0) is 20.1 Å². The summed E-state index contributed by atoms with van der Waals surface area (Å²) in [5.74, 6) is 0. The van der Waals surface area contributed by atoms with Crippen molar-refractivity contribution in [1.29, 1.82) is 0 Å². The number of hydrogen-bond donors (Lipinski definition) is 1. The molecule has 13 heavy (non-hydrogen) atoms. The zero-order valence-electron chi connectivity index (χ0n) is 7.70. The van der Waals surface area contributed by atoms with Crippen LogP contribution in [0.4, 0.5) is 0 Å². The molecule has 0 amide bonds. The summed E-state index contributed by atoms with van der Waals surface area (Å²) in [6.07, 6.45) is 3.88. The first kappa shape index (κ1) is 19.7. The summed E-state index contributed by atoms with van der Waals surface area (Å²) in [6, 6.07) is 0. The van der Waals surface area contributed by atoms with Gasteiger partial charge in [0.25, 0.3) is 0 Å². The maximum atomic E-state index is 8.60. The maximum Gasteiger partial charge on any atom is 0.0777 e. The first-order chi connectivity index (χ1) is 5.35. The molecule has 83 valence electrons. The molecular weight excluding hydrogens is 300 g/mol. The zero-order valence-corrected chi connectivity index (χ0v) is 11.2. The normalized spacial score (nSPS) is 10.2. The molecule has 0 aliphatic rings. The quantitative estimate of drug-likeness (QED) is 0.492. The van der Waals surface area contributed by atoms with Gasteiger partial charge in [-0.2, -0.15) is 20.1 Å². The van der Waals surface area contributed by atoms with Crippen molar-refractivity contribution in [3.63, 3.8) is 0 Å². The van der Waals surface area contributed by atoms with Gasteiger partial charge in [0.05, 0.1) is 14.9 Å². The summed E-state index contributed by atoms with van der Waals surface area (Å²) in [5.41, 5.74) is 0. The van der Waals surface area contributed by atoms with Crippen LogP contribution < -0.4 is 14.0 Å². The topological polar surface area (TPSA) is 89.4 Å². The molecule has 0 rings (SSSR count). The van der Waals surface area contributed by atoms with E-state index in [0.29, 0.717) is 7.92 Å². The monoisotopic (exact) mass is 314 g/mol. The third-order valence-electron chi connectivity index (χ3n) is 1.21. The first-order valence-electron chi connectivity index (χ1n) is 3.49. The van der Waals surface area contributed by atoms with Crippen molar-refractivity contribution in [1.82, 2.24) is 0 Å². The third kappa shape index (κ3) is 31.9. The largest absolute Gasteiger partial charge is 0.339 e. The Labute approximate surface area is 96.2 Å². The summed E-state index contributed by atoms with van der Waals surface area (Å²) in [6.45, 7) is 8.36. The van der Waals surface area contributed by atoms with Gasteiger partial charge in [0, 0.05) is 20.1 Å². The molecule has 0 aromatic rings. The van der Waals surface area contributed by atoms with Gasteiger partial charge in [0.15, 0.2) is 0 Å². The van der Waals surface area contributed by atoms with Crippen LogP contribution in [0.25, 0.3) is 0 Å². The predicted molar refractivity (Wildman–Crippen MR) is 40.4 cm³/mol. The second kappa shape index (κ2) is 11.3. The van der Waals surface area contributed by atoms with Crippen LogP contribution in [-0.4, -0.2) is 23.1 Å². The fraction of sp³-hybridized carbons (Fsp3) is 0.833. The van der Waals surface area contributed by atoms with Crippen molar-refractivity contribution >= 4 is 7.92 Å². The van der Waals surface area contributed by atoms with E-state index in [0.717, 1.165) is 0 Å². The van der Waals surface area contributed by atoms with Gasteiger partial charge in [0.1, 0.15) is 0 Å². The van der Waals surface area contributed by atoms with Crippen LogP contribution in [0.3, 0.4) is 0 Å². The molecule has 4 nitrogen and oxygen atoms in total. The van der Waals surface area contributed by atoms with Crippen LogP contribution in [0.2, 0.25) is 0 Å². The van der Waals surface area contributed by atoms with Gasteiger partial charge in [-0.1, -0.05) is 13.8 Å². The van der Waals surface area contributed by atoms with E-state index in [2.05, 4.69) is 20.8 Å². The van der Waals surface area contributed by atoms with Crippen molar-refractivity contribution in [2.45, 2.75) is 13.8 Å². The van der Waals surface area contributed by atoms with Crippen LogP contribution >= 0.6 is 7.92 Å². The van der Waals surface area contributed by atoms with Crippen LogP contribution in [0, 0.1) is 17.2 Å². The second-order valence-corrected chi connectivity index (χ2v) is 5.77. The minimum Gasteiger partial charge on any atom is -0.339 e. The molecule has 0 saturated heterocycles. The molecule has 7 heteroatoms. The summed E-state index contributed by atoms with van der Waals surface area (Å²) >= 11 is 0. The van der Waals surface area contributed by atoms with Gasteiger partial charge in [-0.3, -0.25) is 0 Å². The summed E-state index contributed by atoms with van der Waals surface area (Å²) in [4.78, 5) is 0.